The van der Waals surface area contributed by atoms with Gasteiger partial charge in [-0.25, -0.2) is 0 Å². The fourth-order valence-corrected chi connectivity index (χ4v) is 2.94. The predicted octanol–water partition coefficient (Wildman–Crippen LogP) is 3.81. The number of para-hydroxylation sites is 2. The van der Waals surface area contributed by atoms with Crippen LogP contribution in [0.1, 0.15) is 13.8 Å². The van der Waals surface area contributed by atoms with Gasteiger partial charge in [-0.05, 0) is 29.7 Å². The van der Waals surface area contributed by atoms with Crippen molar-refractivity contribution < 1.29 is 0 Å². The zero-order chi connectivity index (χ0) is 13.6. The average molecular weight is 272 g/mol. The van der Waals surface area contributed by atoms with E-state index in [0.717, 1.165) is 22.5 Å². The molecule has 1 atom stereocenters. The number of rotatable bonds is 1. The Kier molecular flexibility index (Phi) is 2.76. The Morgan fingerprint density at radius 2 is 2.11 bits per heavy atom. The molecular formula is C15H14ClN3. The first-order valence-electron chi connectivity index (χ1n) is 6.29. The third kappa shape index (κ3) is 1.72. The fraction of sp³-hybridized carbons (Fsp3) is 0.267. The Hall–Kier alpha value is -1.92. The molecule has 0 aromatic heterocycles. The van der Waals surface area contributed by atoms with E-state index in [4.69, 9.17) is 11.6 Å². The van der Waals surface area contributed by atoms with Gasteiger partial charge in [0.1, 0.15) is 11.3 Å². The van der Waals surface area contributed by atoms with Gasteiger partial charge < -0.3 is 10.2 Å². The minimum Gasteiger partial charge on any atom is -0.359 e. The molecule has 19 heavy (non-hydrogen) atoms. The van der Waals surface area contributed by atoms with Gasteiger partial charge in [0.25, 0.3) is 0 Å². The van der Waals surface area contributed by atoms with Gasteiger partial charge in [0.2, 0.25) is 0 Å². The summed E-state index contributed by atoms with van der Waals surface area (Å²) in [6, 6.07) is 10.3. The molecule has 0 aliphatic carbocycles. The maximum Gasteiger partial charge on any atom is 0.141 e. The lowest BCUT2D eigenvalue weighted by atomic mass is 9.93. The summed E-state index contributed by atoms with van der Waals surface area (Å²) in [6.07, 6.45) is 1.72. The molecule has 2 aliphatic rings. The van der Waals surface area contributed by atoms with E-state index in [2.05, 4.69) is 25.2 Å². The van der Waals surface area contributed by atoms with Gasteiger partial charge in [-0.2, -0.15) is 5.26 Å². The SMILES string of the molecule is CC(C)C1=C(C#N)C2Nc3ccccc3N2C(Cl)=C1. The van der Waals surface area contributed by atoms with Gasteiger partial charge in [-0.1, -0.05) is 37.6 Å². The van der Waals surface area contributed by atoms with E-state index in [-0.39, 0.29) is 12.1 Å². The van der Waals surface area contributed by atoms with Crippen molar-refractivity contribution >= 4 is 23.0 Å². The van der Waals surface area contributed by atoms with E-state index in [9.17, 15) is 5.26 Å². The van der Waals surface area contributed by atoms with Crippen LogP contribution in [-0.4, -0.2) is 6.17 Å². The number of benzene rings is 1. The van der Waals surface area contributed by atoms with Crippen LogP contribution in [0.4, 0.5) is 11.4 Å². The number of hydrogen-bond acceptors (Lipinski definition) is 3. The molecule has 1 aromatic rings. The van der Waals surface area contributed by atoms with Crippen LogP contribution in [0.25, 0.3) is 0 Å². The molecule has 4 heteroatoms. The minimum atomic E-state index is -0.183. The quantitative estimate of drug-likeness (QED) is 0.790. The smallest absolute Gasteiger partial charge is 0.141 e. The lowest BCUT2D eigenvalue weighted by Gasteiger charge is -2.31. The highest BCUT2D eigenvalue weighted by Crippen LogP contribution is 2.44. The number of fused-ring (bicyclic) bond motifs is 3. The van der Waals surface area contributed by atoms with E-state index < -0.39 is 0 Å². The molecule has 0 saturated heterocycles. The van der Waals surface area contributed by atoms with Crippen molar-refractivity contribution in [2.45, 2.75) is 20.0 Å². The van der Waals surface area contributed by atoms with Crippen molar-refractivity contribution in [3.05, 3.63) is 46.6 Å². The van der Waals surface area contributed by atoms with Crippen molar-refractivity contribution in [1.29, 1.82) is 5.26 Å². The number of hydrogen-bond donors (Lipinski definition) is 1. The van der Waals surface area contributed by atoms with E-state index in [0.29, 0.717) is 5.16 Å². The minimum absolute atomic E-state index is 0.183. The normalized spacial score (nSPS) is 20.7. The van der Waals surface area contributed by atoms with E-state index in [1.165, 1.54) is 0 Å². The fourth-order valence-electron chi connectivity index (χ4n) is 2.63. The highest BCUT2D eigenvalue weighted by molar-refractivity contribution is 6.32. The van der Waals surface area contributed by atoms with Gasteiger partial charge in [0.05, 0.1) is 23.0 Å². The lowest BCUT2D eigenvalue weighted by molar-refractivity contribution is 0.741. The summed E-state index contributed by atoms with van der Waals surface area (Å²) >= 11 is 6.41. The Morgan fingerprint density at radius 3 is 2.79 bits per heavy atom. The maximum atomic E-state index is 9.48. The molecule has 2 heterocycles. The van der Waals surface area contributed by atoms with Crippen LogP contribution in [0.15, 0.2) is 46.6 Å². The van der Waals surface area contributed by atoms with E-state index >= 15 is 0 Å². The summed E-state index contributed by atoms with van der Waals surface area (Å²) in [7, 11) is 0. The molecule has 1 unspecified atom stereocenters. The van der Waals surface area contributed by atoms with Crippen molar-refractivity contribution in [2.75, 3.05) is 10.2 Å². The highest BCUT2D eigenvalue weighted by Gasteiger charge is 2.37. The van der Waals surface area contributed by atoms with Crippen LogP contribution in [0.2, 0.25) is 0 Å². The van der Waals surface area contributed by atoms with Crippen LogP contribution in [0, 0.1) is 17.2 Å². The topological polar surface area (TPSA) is 39.1 Å². The standard InChI is InChI=1S/C15H14ClN3/c1-9(2)10-7-14(16)19-13-6-4-3-5-12(13)18-15(19)11(10)8-17/h3-7,9,15,18H,1-2H3. The van der Waals surface area contributed by atoms with Gasteiger partial charge in [-0.3, -0.25) is 0 Å². The van der Waals surface area contributed by atoms with Crippen molar-refractivity contribution in [1.82, 2.24) is 0 Å². The summed E-state index contributed by atoms with van der Waals surface area (Å²) in [5, 5.41) is 13.5. The molecule has 0 saturated carbocycles. The van der Waals surface area contributed by atoms with Crippen LogP contribution < -0.4 is 10.2 Å². The number of nitrogens with one attached hydrogen (secondary N) is 1. The zero-order valence-corrected chi connectivity index (χ0v) is 11.6. The summed E-state index contributed by atoms with van der Waals surface area (Å²) < 4.78 is 0. The van der Waals surface area contributed by atoms with Crippen molar-refractivity contribution in [3.8, 4) is 6.07 Å². The second-order valence-electron chi connectivity index (χ2n) is 5.04. The Labute approximate surface area is 117 Å². The molecular weight excluding hydrogens is 258 g/mol. The second-order valence-corrected chi connectivity index (χ2v) is 5.42. The molecule has 3 nitrogen and oxygen atoms in total. The van der Waals surface area contributed by atoms with E-state index in [1.807, 2.05) is 35.2 Å². The van der Waals surface area contributed by atoms with Crippen molar-refractivity contribution in [2.24, 2.45) is 5.92 Å². The summed E-state index contributed by atoms with van der Waals surface area (Å²) in [6.45, 7) is 4.15. The van der Waals surface area contributed by atoms with Crippen molar-refractivity contribution in [3.63, 3.8) is 0 Å². The number of anilines is 2. The third-order valence-electron chi connectivity index (χ3n) is 3.55. The second kappa shape index (κ2) is 4.32. The first-order chi connectivity index (χ1) is 9.13. The monoisotopic (exact) mass is 271 g/mol. The van der Waals surface area contributed by atoms with Crippen LogP contribution in [0.5, 0.6) is 0 Å². The first kappa shape index (κ1) is 12.1. The molecule has 96 valence electrons. The number of halogens is 1. The summed E-state index contributed by atoms with van der Waals surface area (Å²) in [5.41, 5.74) is 3.78. The predicted molar refractivity (Wildman–Crippen MR) is 77.7 cm³/mol. The summed E-state index contributed by atoms with van der Waals surface area (Å²) in [4.78, 5) is 1.97. The number of allylic oxidation sites excluding steroid dienone is 2. The molecule has 1 N–H and O–H groups in total. The lowest BCUT2D eigenvalue weighted by Crippen LogP contribution is -2.38. The number of nitrogens with zero attached hydrogens (tertiary/aromatic N) is 2. The molecule has 0 radical (unpaired) electrons. The highest BCUT2D eigenvalue weighted by atomic mass is 35.5. The molecule has 0 amide bonds. The van der Waals surface area contributed by atoms with Crippen LogP contribution in [-0.2, 0) is 0 Å². The third-order valence-corrected chi connectivity index (χ3v) is 3.84. The molecule has 3 rings (SSSR count). The van der Waals surface area contributed by atoms with Crippen LogP contribution in [0.3, 0.4) is 0 Å². The average Bonchev–Trinajstić information content (AvgIpc) is 2.78. The molecule has 0 spiro atoms. The number of nitriles is 1. The van der Waals surface area contributed by atoms with Gasteiger partial charge in [0.15, 0.2) is 0 Å². The molecule has 1 aromatic carbocycles. The van der Waals surface area contributed by atoms with E-state index in [1.54, 1.807) is 0 Å². The van der Waals surface area contributed by atoms with Gasteiger partial charge in [0, 0.05) is 0 Å². The van der Waals surface area contributed by atoms with Crippen LogP contribution >= 0.6 is 11.6 Å². The molecule has 2 aliphatic heterocycles. The maximum absolute atomic E-state index is 9.48. The first-order valence-corrected chi connectivity index (χ1v) is 6.67. The van der Waals surface area contributed by atoms with Gasteiger partial charge >= 0.3 is 0 Å². The Balaban J connectivity index is 2.15. The van der Waals surface area contributed by atoms with Gasteiger partial charge in [-0.15, -0.1) is 0 Å². The summed E-state index contributed by atoms with van der Waals surface area (Å²) in [5.74, 6) is 0.274. The largest absolute Gasteiger partial charge is 0.359 e. The zero-order valence-electron chi connectivity index (χ0n) is 10.8. The molecule has 0 fully saturated rings. The molecule has 0 bridgehead atoms. The Morgan fingerprint density at radius 1 is 1.37 bits per heavy atom. The Bertz CT molecular complexity index is 637.